The number of alkyl halides is 12. The molecule has 12 aromatic rings. The lowest BCUT2D eigenvalue weighted by Gasteiger charge is -2.12. The molecule has 0 fully saturated rings. The lowest BCUT2D eigenvalue weighted by atomic mass is 10.1. The van der Waals surface area contributed by atoms with Crippen molar-refractivity contribution in [1.29, 1.82) is 0 Å². The smallest absolute Gasteiger partial charge is 0.433 e. The Morgan fingerprint density at radius 3 is 0.833 bits per heavy atom. The first kappa shape index (κ1) is 86.0. The number of carbonyl (C=O) groups excluding carboxylic acids is 4. The van der Waals surface area contributed by atoms with Gasteiger partial charge in [0.15, 0.2) is 0 Å². The topological polar surface area (TPSA) is 258 Å². The Hall–Kier alpha value is -12.0. The van der Waals surface area contributed by atoms with Crippen LogP contribution in [-0.4, -0.2) is 82.8 Å². The van der Waals surface area contributed by atoms with E-state index in [9.17, 15) is 77.0 Å². The van der Waals surface area contributed by atoms with Gasteiger partial charge in [0.25, 0.3) is 23.6 Å². The third kappa shape index (κ3) is 22.6. The summed E-state index contributed by atoms with van der Waals surface area (Å²) in [6.07, 6.45) is -14.0. The van der Waals surface area contributed by atoms with E-state index < -0.39 is 71.1 Å². The number of hydrogen-bond acceptors (Lipinski definition) is 15. The fourth-order valence-electron chi connectivity index (χ4n) is 10.3. The molecule has 0 atom stereocenters. The number of nitrogens with one attached hydrogen (secondary N) is 4. The number of methoxy groups -OCH3 is 2. The van der Waals surface area contributed by atoms with E-state index in [-0.39, 0.29) is 55.9 Å². The van der Waals surface area contributed by atoms with Crippen molar-refractivity contribution in [2.45, 2.75) is 52.4 Å². The van der Waals surface area contributed by atoms with Gasteiger partial charge in [0.05, 0.1) is 121 Å². The number of amides is 4. The van der Waals surface area contributed by atoms with Crippen LogP contribution < -0.4 is 30.7 Å². The minimum Gasteiger partial charge on any atom is -0.506 e. The zero-order valence-corrected chi connectivity index (χ0v) is 63.2. The van der Waals surface area contributed by atoms with Crippen molar-refractivity contribution in [3.63, 3.8) is 0 Å². The number of halogens is 17. The second-order valence-electron chi connectivity index (χ2n) is 23.8. The van der Waals surface area contributed by atoms with Gasteiger partial charge in [-0.25, -0.2) is 24.9 Å². The van der Waals surface area contributed by atoms with Crippen molar-refractivity contribution < 1.29 is 86.4 Å². The van der Waals surface area contributed by atoms with E-state index in [1.54, 1.807) is 121 Å². The van der Waals surface area contributed by atoms with Gasteiger partial charge >= 0.3 is 24.7 Å². The molecular weight excluding hydrogens is 1620 g/mol. The standard InChI is InChI=1S/2C20H15ClF3N3O2.C19H12Cl2F3N3O.C19H13ClF3N3O2/c2*1-11-14(5-8-18(26-11)20(22,23)24)19(28)27-12-3-6-16(21)15(9-12)17-7-4-13(29-2)10-25-17;1-10-12(6-8-16(25-10)19(22,23)24)18(28)26-11-5-7-14(20)13(9-11)15-3-2-4-17(21)27-15;1-10-13(4-7-17(25-10)19(21,22)23)18(28)26-11-2-5-15(20)14(8-11)16-6-3-12(27)9-24-16/h2*3-10H,1-2H3,(H,27,28);2-9H,1H3,(H,26,28);2-9,27H,1H3,(H,26,28). The second kappa shape index (κ2) is 36.6. The summed E-state index contributed by atoms with van der Waals surface area (Å²) < 4.78 is 163. The number of anilines is 4. The summed E-state index contributed by atoms with van der Waals surface area (Å²) in [6, 6.07) is 41.4. The molecule has 4 aromatic carbocycles. The van der Waals surface area contributed by atoms with Gasteiger partial charge in [-0.05, 0) is 198 Å². The number of aryl methyl sites for hydroxylation is 4. The minimum atomic E-state index is -4.58. The summed E-state index contributed by atoms with van der Waals surface area (Å²) in [7, 11) is 3.05. The predicted molar refractivity (Wildman–Crippen MR) is 406 cm³/mol. The van der Waals surface area contributed by atoms with Gasteiger partial charge in [-0.1, -0.05) is 64.1 Å². The maximum atomic E-state index is 12.7. The molecule has 0 saturated heterocycles. The Kier molecular flexibility index (Phi) is 27.6. The molecule has 8 aromatic heterocycles. The number of hydrogen-bond donors (Lipinski definition) is 5. The number of carbonyl (C=O) groups is 4. The first-order valence-electron chi connectivity index (χ1n) is 32.6. The van der Waals surface area contributed by atoms with E-state index in [0.29, 0.717) is 99.4 Å². The molecule has 588 valence electrons. The van der Waals surface area contributed by atoms with Gasteiger partial charge in [0, 0.05) is 45.0 Å². The van der Waals surface area contributed by atoms with Crippen molar-refractivity contribution in [2.24, 2.45) is 0 Å². The van der Waals surface area contributed by atoms with Crippen LogP contribution in [0.5, 0.6) is 17.2 Å². The molecule has 0 aliphatic heterocycles. The minimum absolute atomic E-state index is 0.00499. The van der Waals surface area contributed by atoms with E-state index >= 15 is 0 Å². The molecule has 114 heavy (non-hydrogen) atoms. The van der Waals surface area contributed by atoms with Crippen LogP contribution >= 0.6 is 58.0 Å². The highest BCUT2D eigenvalue weighted by atomic mass is 35.5. The average molecular weight is 1680 g/mol. The largest absolute Gasteiger partial charge is 0.506 e. The number of pyridine rings is 8. The Bertz CT molecular complexity index is 5390. The number of ether oxygens (including phenoxy) is 2. The van der Waals surface area contributed by atoms with Gasteiger partial charge in [-0.2, -0.15) is 52.7 Å². The first-order chi connectivity index (χ1) is 53.7. The van der Waals surface area contributed by atoms with Crippen LogP contribution in [-0.2, 0) is 24.7 Å². The quantitative estimate of drug-likeness (QED) is 0.0501. The maximum Gasteiger partial charge on any atom is 0.433 e. The van der Waals surface area contributed by atoms with Crippen molar-refractivity contribution in [2.75, 3.05) is 35.5 Å². The third-order valence-electron chi connectivity index (χ3n) is 15.9. The van der Waals surface area contributed by atoms with Crippen molar-refractivity contribution in [3.05, 3.63) is 288 Å². The van der Waals surface area contributed by atoms with Crippen LogP contribution in [0, 0.1) is 27.7 Å². The Morgan fingerprint density at radius 1 is 0.333 bits per heavy atom. The fraction of sp³-hybridized carbons (Fsp3) is 0.128. The van der Waals surface area contributed by atoms with Crippen LogP contribution in [0.1, 0.15) is 87.0 Å². The van der Waals surface area contributed by atoms with Crippen LogP contribution in [0.2, 0.25) is 25.2 Å². The fourth-order valence-corrected chi connectivity index (χ4v) is 11.3. The summed E-state index contributed by atoms with van der Waals surface area (Å²) >= 11 is 30.8. The van der Waals surface area contributed by atoms with Crippen LogP contribution in [0.3, 0.4) is 0 Å². The molecule has 0 unspecified atom stereocenters. The van der Waals surface area contributed by atoms with E-state index in [0.717, 1.165) is 48.5 Å². The Labute approximate surface area is 664 Å². The van der Waals surface area contributed by atoms with E-state index in [1.807, 2.05) is 0 Å². The number of aromatic hydroxyl groups is 1. The first-order valence-corrected chi connectivity index (χ1v) is 34.5. The van der Waals surface area contributed by atoms with E-state index in [2.05, 4.69) is 61.1 Å². The molecule has 36 heteroatoms. The molecular formula is C78H55Cl5F12N12O7. The molecule has 0 bridgehead atoms. The van der Waals surface area contributed by atoms with Gasteiger partial charge < -0.3 is 35.8 Å². The molecule has 8 heterocycles. The molecule has 19 nitrogen and oxygen atoms in total. The SMILES string of the molecule is COc1ccc(-c2cc(NC(=O)c3ccc(C(F)(F)F)nc3C)ccc2Cl)nc1.COc1ccc(-c2cc(NC(=O)c3ccc(C(F)(F)F)nc3C)ccc2Cl)nc1.Cc1nc(C(F)(F)F)ccc1C(=O)Nc1ccc(Cl)c(-c2ccc(O)cn2)c1.Cc1nc(C(F)(F)F)ccc1C(=O)Nc1ccc(Cl)c(-c2cccc(Cl)n2)c1. The summed E-state index contributed by atoms with van der Waals surface area (Å²) in [5, 5.41) is 21.8. The summed E-state index contributed by atoms with van der Waals surface area (Å²) in [5.41, 5.74) is 1.73. The Morgan fingerprint density at radius 2 is 0.605 bits per heavy atom. The highest BCUT2D eigenvalue weighted by molar-refractivity contribution is 6.35. The monoisotopic (exact) mass is 1670 g/mol. The maximum absolute atomic E-state index is 12.7. The average Bonchev–Trinajstić information content (AvgIpc) is 0.819. The van der Waals surface area contributed by atoms with Crippen LogP contribution in [0.25, 0.3) is 45.0 Å². The van der Waals surface area contributed by atoms with Crippen molar-refractivity contribution in [1.82, 2.24) is 39.9 Å². The molecule has 5 N–H and O–H groups in total. The predicted octanol–water partition coefficient (Wildman–Crippen LogP) is 21.9. The molecule has 12 rings (SSSR count). The molecule has 0 spiro atoms. The molecule has 4 amide bonds. The molecule has 0 aliphatic carbocycles. The number of rotatable bonds is 14. The summed E-state index contributed by atoms with van der Waals surface area (Å²) in [5.74, 6) is -1.20. The van der Waals surface area contributed by atoms with Crippen LogP contribution in [0.15, 0.2) is 195 Å². The van der Waals surface area contributed by atoms with Gasteiger partial charge in [-0.3, -0.25) is 34.1 Å². The molecule has 0 saturated carbocycles. The Balaban J connectivity index is 0.000000174. The van der Waals surface area contributed by atoms with Gasteiger partial charge in [0.1, 0.15) is 45.2 Å². The second-order valence-corrected chi connectivity index (χ2v) is 25.8. The number of nitrogens with zero attached hydrogens (tertiary/aromatic N) is 8. The highest BCUT2D eigenvalue weighted by Gasteiger charge is 2.36. The lowest BCUT2D eigenvalue weighted by molar-refractivity contribution is -0.142. The number of benzene rings is 4. The molecule has 0 aliphatic rings. The van der Waals surface area contributed by atoms with Crippen LogP contribution in [0.4, 0.5) is 75.4 Å². The number of aromatic nitrogens is 8. The summed E-state index contributed by atoms with van der Waals surface area (Å²) in [6.45, 7) is 5.36. The highest BCUT2D eigenvalue weighted by Crippen LogP contribution is 2.38. The van der Waals surface area contributed by atoms with Crippen molar-refractivity contribution in [3.8, 4) is 62.3 Å². The van der Waals surface area contributed by atoms with Gasteiger partial charge in [-0.15, -0.1) is 0 Å². The van der Waals surface area contributed by atoms with E-state index in [4.69, 9.17) is 67.5 Å². The molecule has 0 radical (unpaired) electrons. The lowest BCUT2D eigenvalue weighted by Crippen LogP contribution is -2.16. The third-order valence-corrected chi connectivity index (χ3v) is 17.4. The van der Waals surface area contributed by atoms with E-state index in [1.165, 1.54) is 66.6 Å². The zero-order chi connectivity index (χ0) is 83.3. The van der Waals surface area contributed by atoms with Crippen molar-refractivity contribution >= 4 is 104 Å². The zero-order valence-electron chi connectivity index (χ0n) is 59.4. The summed E-state index contributed by atoms with van der Waals surface area (Å²) in [4.78, 5) is 80.6. The normalized spacial score (nSPS) is 11.3. The van der Waals surface area contributed by atoms with Gasteiger partial charge in [0.2, 0.25) is 0 Å².